The van der Waals surface area contributed by atoms with Gasteiger partial charge in [0.2, 0.25) is 5.91 Å². The van der Waals surface area contributed by atoms with Gasteiger partial charge in [-0.2, -0.15) is 0 Å². The van der Waals surface area contributed by atoms with Crippen LogP contribution in [0.15, 0.2) is 0 Å². The zero-order chi connectivity index (χ0) is 32.7. The van der Waals surface area contributed by atoms with Gasteiger partial charge in [0.05, 0.1) is 0 Å². The van der Waals surface area contributed by atoms with Crippen molar-refractivity contribution in [1.29, 1.82) is 0 Å². The van der Waals surface area contributed by atoms with Gasteiger partial charge in [0.25, 0.3) is 0 Å². The number of carbonyl (C=O) groups excluding carboxylic acids is 1. The second-order valence-corrected chi connectivity index (χ2v) is 14.0. The Bertz CT molecular complexity index is 530. The normalized spacial score (nSPS) is 11.6. The zero-order valence-corrected chi connectivity index (χ0v) is 31.0. The molecule has 0 radical (unpaired) electrons. The van der Waals surface area contributed by atoms with Crippen LogP contribution in [0.2, 0.25) is 0 Å². The molecule has 0 atom stereocenters. The van der Waals surface area contributed by atoms with Gasteiger partial charge in [-0.25, -0.2) is 0 Å². The summed E-state index contributed by atoms with van der Waals surface area (Å²) < 4.78 is 0. The van der Waals surface area contributed by atoms with Crippen molar-refractivity contribution in [3.8, 4) is 0 Å². The van der Waals surface area contributed by atoms with Gasteiger partial charge in [-0.3, -0.25) is 4.79 Å². The molecular weight excluding hydrogens is 552 g/mol. The maximum Gasteiger partial charge on any atom is 0.223 e. The van der Waals surface area contributed by atoms with Crippen LogP contribution < -0.4 is 21.7 Å². The highest BCUT2D eigenvalue weighted by Crippen LogP contribution is 2.20. The van der Waals surface area contributed by atoms with Gasteiger partial charge in [-0.1, -0.05) is 168 Å². The molecule has 0 aliphatic carbocycles. The van der Waals surface area contributed by atoms with Gasteiger partial charge in [-0.05, 0) is 71.2 Å². The van der Waals surface area contributed by atoms with Crippen LogP contribution in [-0.2, 0) is 4.79 Å². The Labute approximate surface area is 283 Å². The van der Waals surface area contributed by atoms with E-state index in [2.05, 4.69) is 29.8 Å². The SMILES string of the molecule is CCCCCCCCCCCCCCC(CCCCCCCCCCCCCC)C(=O)NCCCNCCCCNCCCN. The van der Waals surface area contributed by atoms with E-state index in [1.807, 2.05) is 0 Å². The average Bonchev–Trinajstić information content (AvgIpc) is 3.05. The topological polar surface area (TPSA) is 79.2 Å². The summed E-state index contributed by atoms with van der Waals surface area (Å²) in [6.07, 6.45) is 39.7. The van der Waals surface area contributed by atoms with Gasteiger partial charge < -0.3 is 21.7 Å². The molecule has 45 heavy (non-hydrogen) atoms. The van der Waals surface area contributed by atoms with E-state index in [0.717, 1.165) is 65.0 Å². The number of nitrogens with two attached hydrogens (primary N) is 1. The average molecular weight is 637 g/mol. The van der Waals surface area contributed by atoms with Gasteiger partial charge in [0, 0.05) is 12.5 Å². The molecule has 0 saturated carbocycles. The number of carbonyl (C=O) groups is 1. The fourth-order valence-corrected chi connectivity index (χ4v) is 6.42. The summed E-state index contributed by atoms with van der Waals surface area (Å²) in [7, 11) is 0. The molecular formula is C40H84N4O. The third-order valence-electron chi connectivity index (χ3n) is 9.53. The number of nitrogens with one attached hydrogen (secondary N) is 3. The van der Waals surface area contributed by atoms with Crippen molar-refractivity contribution in [2.24, 2.45) is 11.7 Å². The molecule has 270 valence electrons. The van der Waals surface area contributed by atoms with E-state index in [0.29, 0.717) is 5.91 Å². The Kier molecular flexibility index (Phi) is 39.0. The highest BCUT2D eigenvalue weighted by atomic mass is 16.1. The first-order valence-corrected chi connectivity index (χ1v) is 20.6. The summed E-state index contributed by atoms with van der Waals surface area (Å²) in [5.41, 5.74) is 5.53. The number of rotatable bonds is 39. The largest absolute Gasteiger partial charge is 0.356 e. The highest BCUT2D eigenvalue weighted by molar-refractivity contribution is 5.78. The standard InChI is InChI=1S/C40H84N4O/c1-3-5-7-9-11-13-15-17-19-21-23-25-31-39(32-26-24-22-20-18-16-14-12-10-8-6-4-2)40(45)44-38-30-37-43-35-28-27-34-42-36-29-33-41/h39,42-43H,3-38,41H2,1-2H3,(H,44,45). The van der Waals surface area contributed by atoms with Crippen LogP contribution in [0.3, 0.4) is 0 Å². The summed E-state index contributed by atoms with van der Waals surface area (Å²) in [5.74, 6) is 0.542. The maximum absolute atomic E-state index is 13.1. The van der Waals surface area contributed by atoms with E-state index in [9.17, 15) is 4.79 Å². The molecule has 5 N–H and O–H groups in total. The molecule has 0 unspecified atom stereocenters. The predicted octanol–water partition coefficient (Wildman–Crippen LogP) is 10.6. The molecule has 0 saturated heterocycles. The van der Waals surface area contributed by atoms with Crippen molar-refractivity contribution >= 4 is 5.91 Å². The van der Waals surface area contributed by atoms with Crippen molar-refractivity contribution < 1.29 is 4.79 Å². The number of unbranched alkanes of at least 4 members (excludes halogenated alkanes) is 23. The summed E-state index contributed by atoms with van der Waals surface area (Å²) in [5, 5.41) is 10.3. The van der Waals surface area contributed by atoms with Crippen LogP contribution in [-0.4, -0.2) is 45.2 Å². The van der Waals surface area contributed by atoms with E-state index in [-0.39, 0.29) is 5.92 Å². The first-order valence-electron chi connectivity index (χ1n) is 20.6. The minimum atomic E-state index is 0.218. The van der Waals surface area contributed by atoms with Crippen LogP contribution >= 0.6 is 0 Å². The second kappa shape index (κ2) is 39.5. The van der Waals surface area contributed by atoms with E-state index in [1.54, 1.807) is 0 Å². The van der Waals surface area contributed by atoms with Crippen molar-refractivity contribution in [3.05, 3.63) is 0 Å². The van der Waals surface area contributed by atoms with Crippen molar-refractivity contribution in [2.75, 3.05) is 39.3 Å². The lowest BCUT2D eigenvalue weighted by Crippen LogP contribution is -2.33. The molecule has 0 bridgehead atoms. The van der Waals surface area contributed by atoms with E-state index in [1.165, 1.54) is 167 Å². The van der Waals surface area contributed by atoms with Crippen LogP contribution in [0.25, 0.3) is 0 Å². The lowest BCUT2D eigenvalue weighted by molar-refractivity contribution is -0.125. The Morgan fingerprint density at radius 1 is 0.422 bits per heavy atom. The Hall–Kier alpha value is -0.650. The maximum atomic E-state index is 13.1. The molecule has 0 heterocycles. The summed E-state index contributed by atoms with van der Waals surface area (Å²) in [6, 6.07) is 0. The summed E-state index contributed by atoms with van der Waals surface area (Å²) in [4.78, 5) is 13.1. The van der Waals surface area contributed by atoms with E-state index >= 15 is 0 Å². The molecule has 0 fully saturated rings. The Morgan fingerprint density at radius 2 is 0.756 bits per heavy atom. The van der Waals surface area contributed by atoms with Crippen molar-refractivity contribution in [3.63, 3.8) is 0 Å². The van der Waals surface area contributed by atoms with Crippen LogP contribution in [0, 0.1) is 5.92 Å². The lowest BCUT2D eigenvalue weighted by Gasteiger charge is -2.17. The zero-order valence-electron chi connectivity index (χ0n) is 31.0. The molecule has 0 spiro atoms. The van der Waals surface area contributed by atoms with E-state index < -0.39 is 0 Å². The molecule has 1 amide bonds. The smallest absolute Gasteiger partial charge is 0.223 e. The molecule has 5 heteroatoms. The quantitative estimate of drug-likeness (QED) is 0.0506. The molecule has 0 aliphatic rings. The van der Waals surface area contributed by atoms with E-state index in [4.69, 9.17) is 5.73 Å². The monoisotopic (exact) mass is 637 g/mol. The highest BCUT2D eigenvalue weighted by Gasteiger charge is 2.17. The number of hydrogen-bond acceptors (Lipinski definition) is 4. The summed E-state index contributed by atoms with van der Waals surface area (Å²) >= 11 is 0. The fourth-order valence-electron chi connectivity index (χ4n) is 6.42. The van der Waals surface area contributed by atoms with Crippen LogP contribution in [0.4, 0.5) is 0 Å². The van der Waals surface area contributed by atoms with Gasteiger partial charge in [0.1, 0.15) is 0 Å². The Morgan fingerprint density at radius 3 is 1.13 bits per heavy atom. The molecule has 0 aliphatic heterocycles. The molecule has 0 aromatic carbocycles. The van der Waals surface area contributed by atoms with Crippen LogP contribution in [0.1, 0.15) is 206 Å². The van der Waals surface area contributed by atoms with Crippen molar-refractivity contribution in [2.45, 2.75) is 206 Å². The fraction of sp³-hybridized carbons (Fsp3) is 0.975. The second-order valence-electron chi connectivity index (χ2n) is 14.0. The minimum absolute atomic E-state index is 0.218. The molecule has 0 aromatic heterocycles. The van der Waals surface area contributed by atoms with Crippen molar-refractivity contribution in [1.82, 2.24) is 16.0 Å². The van der Waals surface area contributed by atoms with Gasteiger partial charge in [-0.15, -0.1) is 0 Å². The third-order valence-corrected chi connectivity index (χ3v) is 9.53. The van der Waals surface area contributed by atoms with Gasteiger partial charge >= 0.3 is 0 Å². The Balaban J connectivity index is 4.06. The third kappa shape index (κ3) is 36.0. The minimum Gasteiger partial charge on any atom is -0.356 e. The number of amides is 1. The first-order chi connectivity index (χ1) is 22.3. The van der Waals surface area contributed by atoms with Crippen LogP contribution in [0.5, 0.6) is 0 Å². The predicted molar refractivity (Wildman–Crippen MR) is 201 cm³/mol. The molecule has 0 aromatic rings. The first kappa shape index (κ1) is 44.4. The summed E-state index contributed by atoms with van der Waals surface area (Å²) in [6.45, 7) is 10.3. The number of hydrogen-bond donors (Lipinski definition) is 4. The molecule has 5 nitrogen and oxygen atoms in total. The molecule has 0 rings (SSSR count). The lowest BCUT2D eigenvalue weighted by atomic mass is 9.93. The van der Waals surface area contributed by atoms with Gasteiger partial charge in [0.15, 0.2) is 0 Å².